The minimum Gasteiger partial charge on any atom is -0.449 e. The van der Waals surface area contributed by atoms with Crippen LogP contribution in [0.1, 0.15) is 80.9 Å². The molecule has 1 N–H and O–H groups in total. The number of rotatable bonds is 7. The Labute approximate surface area is 197 Å². The zero-order valence-corrected chi connectivity index (χ0v) is 19.5. The van der Waals surface area contributed by atoms with Gasteiger partial charge in [-0.05, 0) is 74.8 Å². The predicted molar refractivity (Wildman–Crippen MR) is 127 cm³/mol. The van der Waals surface area contributed by atoms with Crippen LogP contribution in [0.4, 0.5) is 4.79 Å². The number of aromatic nitrogens is 2. The Morgan fingerprint density at radius 1 is 0.970 bits per heavy atom. The molecule has 178 valence electrons. The summed E-state index contributed by atoms with van der Waals surface area (Å²) in [5.74, 6) is 1.39. The molecule has 6 heteroatoms. The van der Waals surface area contributed by atoms with Gasteiger partial charge in [0.05, 0.1) is 25.4 Å². The van der Waals surface area contributed by atoms with Crippen LogP contribution in [-0.2, 0) is 9.47 Å². The van der Waals surface area contributed by atoms with Crippen molar-refractivity contribution in [2.24, 2.45) is 5.92 Å². The van der Waals surface area contributed by atoms with E-state index in [9.17, 15) is 4.79 Å². The fourth-order valence-electron chi connectivity index (χ4n) is 5.78. The van der Waals surface area contributed by atoms with Crippen molar-refractivity contribution >= 4 is 6.09 Å². The lowest BCUT2D eigenvalue weighted by Gasteiger charge is -2.41. The first-order valence-electron chi connectivity index (χ1n) is 12.9. The van der Waals surface area contributed by atoms with E-state index >= 15 is 0 Å². The van der Waals surface area contributed by atoms with Gasteiger partial charge in [-0.25, -0.2) is 4.79 Å². The van der Waals surface area contributed by atoms with Crippen LogP contribution in [0, 0.1) is 5.92 Å². The SMILES string of the molecule is O=C(OCC1CCC1)N1CCC[C@H](c2ccn[nH]2)[C@@H]1COC1CCC(c2ccccc2)CC1. The molecule has 0 unspecified atom stereocenters. The van der Waals surface area contributed by atoms with Gasteiger partial charge in [0.1, 0.15) is 0 Å². The number of carbonyl (C=O) groups excluding carboxylic acids is 1. The quantitative estimate of drug-likeness (QED) is 0.592. The van der Waals surface area contributed by atoms with Gasteiger partial charge < -0.3 is 14.4 Å². The van der Waals surface area contributed by atoms with Gasteiger partial charge in [0, 0.05) is 24.4 Å². The van der Waals surface area contributed by atoms with Gasteiger partial charge in [0.2, 0.25) is 0 Å². The van der Waals surface area contributed by atoms with Crippen LogP contribution in [0.5, 0.6) is 0 Å². The molecule has 0 radical (unpaired) electrons. The fraction of sp³-hybridized carbons (Fsp3) is 0.630. The second kappa shape index (κ2) is 10.7. The Morgan fingerprint density at radius 2 is 1.79 bits per heavy atom. The second-order valence-corrected chi connectivity index (χ2v) is 10.1. The van der Waals surface area contributed by atoms with E-state index in [0.717, 1.165) is 50.8 Å². The summed E-state index contributed by atoms with van der Waals surface area (Å²) < 4.78 is 12.2. The first-order valence-corrected chi connectivity index (χ1v) is 12.9. The average molecular weight is 452 g/mol. The van der Waals surface area contributed by atoms with Crippen molar-refractivity contribution in [1.29, 1.82) is 0 Å². The maximum atomic E-state index is 13.0. The number of benzene rings is 1. The van der Waals surface area contributed by atoms with Crippen molar-refractivity contribution in [2.75, 3.05) is 19.8 Å². The summed E-state index contributed by atoms with van der Waals surface area (Å²) >= 11 is 0. The summed E-state index contributed by atoms with van der Waals surface area (Å²) in [6.07, 6.45) is 12.0. The summed E-state index contributed by atoms with van der Waals surface area (Å²) in [5, 5.41) is 7.31. The van der Waals surface area contributed by atoms with E-state index in [-0.39, 0.29) is 24.2 Å². The molecular formula is C27H37N3O3. The van der Waals surface area contributed by atoms with E-state index in [0.29, 0.717) is 25.0 Å². The first-order chi connectivity index (χ1) is 16.3. The number of carbonyl (C=O) groups is 1. The van der Waals surface area contributed by atoms with Gasteiger partial charge in [-0.3, -0.25) is 5.10 Å². The fourth-order valence-corrected chi connectivity index (χ4v) is 5.78. The highest BCUT2D eigenvalue weighted by Gasteiger charge is 2.38. The molecule has 0 spiro atoms. The molecule has 0 bridgehead atoms. The number of piperidine rings is 1. The summed E-state index contributed by atoms with van der Waals surface area (Å²) in [5.41, 5.74) is 2.54. The summed E-state index contributed by atoms with van der Waals surface area (Å²) in [6, 6.07) is 12.9. The lowest BCUT2D eigenvalue weighted by atomic mass is 9.82. The number of nitrogens with one attached hydrogen (secondary N) is 1. The number of hydrogen-bond donors (Lipinski definition) is 1. The summed E-state index contributed by atoms with van der Waals surface area (Å²) in [4.78, 5) is 15.0. The molecule has 33 heavy (non-hydrogen) atoms. The van der Waals surface area contributed by atoms with Gasteiger partial charge in [0.15, 0.2) is 0 Å². The average Bonchev–Trinajstić information content (AvgIpc) is 3.37. The zero-order chi connectivity index (χ0) is 22.5. The molecule has 5 rings (SSSR count). The van der Waals surface area contributed by atoms with E-state index in [1.165, 1.54) is 24.8 Å². The monoisotopic (exact) mass is 451 g/mol. The molecule has 1 amide bonds. The molecule has 1 aromatic carbocycles. The van der Waals surface area contributed by atoms with Crippen LogP contribution in [0.25, 0.3) is 0 Å². The smallest absolute Gasteiger partial charge is 0.410 e. The van der Waals surface area contributed by atoms with Crippen molar-refractivity contribution in [1.82, 2.24) is 15.1 Å². The van der Waals surface area contributed by atoms with E-state index in [1.807, 2.05) is 11.0 Å². The summed E-state index contributed by atoms with van der Waals surface area (Å²) in [7, 11) is 0. The van der Waals surface area contributed by atoms with E-state index < -0.39 is 0 Å². The van der Waals surface area contributed by atoms with Crippen molar-refractivity contribution in [3.05, 3.63) is 53.9 Å². The molecule has 2 aromatic rings. The third kappa shape index (κ3) is 5.43. The highest BCUT2D eigenvalue weighted by molar-refractivity contribution is 5.68. The lowest BCUT2D eigenvalue weighted by molar-refractivity contribution is -0.0287. The molecule has 3 aliphatic rings. The van der Waals surface area contributed by atoms with Crippen molar-refractivity contribution < 1.29 is 14.3 Å². The number of nitrogens with zero attached hydrogens (tertiary/aromatic N) is 2. The molecule has 2 saturated carbocycles. The Hall–Kier alpha value is -2.34. The van der Waals surface area contributed by atoms with Crippen LogP contribution in [0.3, 0.4) is 0 Å². The molecule has 3 fully saturated rings. The topological polar surface area (TPSA) is 67.5 Å². The summed E-state index contributed by atoms with van der Waals surface area (Å²) in [6.45, 7) is 1.85. The Kier molecular flexibility index (Phi) is 7.30. The van der Waals surface area contributed by atoms with Crippen LogP contribution in [0.2, 0.25) is 0 Å². The molecule has 2 atom stereocenters. The van der Waals surface area contributed by atoms with Crippen LogP contribution >= 0.6 is 0 Å². The van der Waals surface area contributed by atoms with Gasteiger partial charge in [0.25, 0.3) is 0 Å². The van der Waals surface area contributed by atoms with Gasteiger partial charge >= 0.3 is 6.09 Å². The number of aromatic amines is 1. The Bertz CT molecular complexity index is 860. The second-order valence-electron chi connectivity index (χ2n) is 10.1. The number of H-pyrrole nitrogens is 1. The van der Waals surface area contributed by atoms with Crippen molar-refractivity contribution in [3.63, 3.8) is 0 Å². The molecular weight excluding hydrogens is 414 g/mol. The van der Waals surface area contributed by atoms with E-state index in [4.69, 9.17) is 9.47 Å². The highest BCUT2D eigenvalue weighted by atomic mass is 16.6. The lowest BCUT2D eigenvalue weighted by Crippen LogP contribution is -2.51. The highest BCUT2D eigenvalue weighted by Crippen LogP contribution is 2.36. The molecule has 1 aromatic heterocycles. The number of ether oxygens (including phenoxy) is 2. The van der Waals surface area contributed by atoms with Crippen LogP contribution in [-0.4, -0.2) is 53.1 Å². The zero-order valence-electron chi connectivity index (χ0n) is 19.5. The molecule has 1 aliphatic heterocycles. The van der Waals surface area contributed by atoms with Crippen LogP contribution < -0.4 is 0 Å². The largest absolute Gasteiger partial charge is 0.449 e. The van der Waals surface area contributed by atoms with E-state index in [1.54, 1.807) is 6.20 Å². The van der Waals surface area contributed by atoms with Gasteiger partial charge in [-0.2, -0.15) is 5.10 Å². The number of likely N-dealkylation sites (tertiary alicyclic amines) is 1. The maximum Gasteiger partial charge on any atom is 0.410 e. The molecule has 2 heterocycles. The third-order valence-corrected chi connectivity index (χ3v) is 8.05. The Morgan fingerprint density at radius 3 is 2.48 bits per heavy atom. The minimum absolute atomic E-state index is 0.0139. The van der Waals surface area contributed by atoms with Gasteiger partial charge in [-0.1, -0.05) is 36.8 Å². The molecule has 6 nitrogen and oxygen atoms in total. The standard InChI is InChI=1S/C27H37N3O3/c31-27(33-18-20-6-4-7-20)30-17-5-10-24(25-15-16-28-29-25)26(30)19-32-23-13-11-22(12-14-23)21-8-2-1-3-9-21/h1-3,8-9,15-16,20,22-24,26H,4-7,10-14,17-19H2,(H,28,29)/t22?,23?,24-,26+/m1/s1. The third-order valence-electron chi connectivity index (χ3n) is 8.05. The predicted octanol–water partition coefficient (Wildman–Crippen LogP) is 5.64. The molecule has 2 aliphatic carbocycles. The van der Waals surface area contributed by atoms with Crippen LogP contribution in [0.15, 0.2) is 42.6 Å². The van der Waals surface area contributed by atoms with Crippen molar-refractivity contribution in [3.8, 4) is 0 Å². The number of amides is 1. The van der Waals surface area contributed by atoms with Gasteiger partial charge in [-0.15, -0.1) is 0 Å². The van der Waals surface area contributed by atoms with Crippen molar-refractivity contribution in [2.45, 2.75) is 81.8 Å². The first kappa shape index (κ1) is 22.5. The van der Waals surface area contributed by atoms with E-state index in [2.05, 4.69) is 40.5 Å². The number of hydrogen-bond acceptors (Lipinski definition) is 4. The maximum absolute atomic E-state index is 13.0. The normalized spacial score (nSPS) is 28.3. The molecule has 1 saturated heterocycles. The Balaban J connectivity index is 1.20. The minimum atomic E-state index is -0.174.